The van der Waals surface area contributed by atoms with Gasteiger partial charge in [-0.1, -0.05) is 0 Å². The number of alkyl halides is 1. The van der Waals surface area contributed by atoms with Gasteiger partial charge in [0.1, 0.15) is 0 Å². The second-order valence-corrected chi connectivity index (χ2v) is 4.41. The van der Waals surface area contributed by atoms with Gasteiger partial charge in [-0.05, 0) is 20.3 Å². The van der Waals surface area contributed by atoms with Gasteiger partial charge in [0.2, 0.25) is 11.8 Å². The smallest absolute Gasteiger partial charge is 0.227 e. The minimum absolute atomic E-state index is 0.0624. The number of amides is 2. The minimum Gasteiger partial charge on any atom is -0.359 e. The molecule has 0 aromatic heterocycles. The normalized spacial score (nSPS) is 10.9. The van der Waals surface area contributed by atoms with Crippen molar-refractivity contribution in [2.45, 2.75) is 26.7 Å². The highest BCUT2D eigenvalue weighted by molar-refractivity contribution is 6.17. The van der Waals surface area contributed by atoms with Crippen LogP contribution in [0, 0.1) is 5.41 Å². The van der Waals surface area contributed by atoms with Crippen molar-refractivity contribution in [2.75, 3.05) is 19.5 Å². The van der Waals surface area contributed by atoms with Crippen molar-refractivity contribution < 1.29 is 9.59 Å². The van der Waals surface area contributed by atoms with Gasteiger partial charge in [-0.2, -0.15) is 0 Å². The number of rotatable bonds is 6. The predicted octanol–water partition coefficient (Wildman–Crippen LogP) is 0.894. The van der Waals surface area contributed by atoms with Crippen LogP contribution in [0.4, 0.5) is 0 Å². The number of nitrogens with one attached hydrogen (secondary N) is 2. The highest BCUT2D eigenvalue weighted by Gasteiger charge is 2.26. The molecule has 88 valence electrons. The van der Waals surface area contributed by atoms with Crippen LogP contribution in [-0.4, -0.2) is 31.3 Å². The number of halogens is 1. The van der Waals surface area contributed by atoms with Crippen molar-refractivity contribution in [1.29, 1.82) is 0 Å². The van der Waals surface area contributed by atoms with Crippen LogP contribution in [0.3, 0.4) is 0 Å². The molecule has 5 heteroatoms. The number of hydrogen-bond acceptors (Lipinski definition) is 2. The molecule has 4 nitrogen and oxygen atoms in total. The highest BCUT2D eigenvalue weighted by atomic mass is 35.5. The van der Waals surface area contributed by atoms with Crippen molar-refractivity contribution in [3.63, 3.8) is 0 Å². The van der Waals surface area contributed by atoms with E-state index in [1.54, 1.807) is 20.9 Å². The average Bonchev–Trinajstić information content (AvgIpc) is 2.22. The second kappa shape index (κ2) is 6.67. The number of carbonyl (C=O) groups excluding carboxylic acids is 2. The Kier molecular flexibility index (Phi) is 6.32. The van der Waals surface area contributed by atoms with Gasteiger partial charge in [-0.25, -0.2) is 0 Å². The topological polar surface area (TPSA) is 58.2 Å². The van der Waals surface area contributed by atoms with E-state index >= 15 is 0 Å². The van der Waals surface area contributed by atoms with Crippen LogP contribution >= 0.6 is 11.6 Å². The monoisotopic (exact) mass is 234 g/mol. The quantitative estimate of drug-likeness (QED) is 0.671. The fraction of sp³-hybridized carbons (Fsp3) is 0.800. The fourth-order valence-corrected chi connectivity index (χ4v) is 1.19. The molecule has 0 fully saturated rings. The molecule has 0 radical (unpaired) electrons. The summed E-state index contributed by atoms with van der Waals surface area (Å²) in [6.45, 7) is 3.91. The molecule has 0 unspecified atom stereocenters. The van der Waals surface area contributed by atoms with Crippen LogP contribution in [0.1, 0.15) is 26.7 Å². The van der Waals surface area contributed by atoms with E-state index in [2.05, 4.69) is 10.6 Å². The molecule has 0 rings (SSSR count). The molecule has 0 aliphatic rings. The summed E-state index contributed by atoms with van der Waals surface area (Å²) in [7, 11) is 1.58. The summed E-state index contributed by atoms with van der Waals surface area (Å²) in [5.74, 6) is 0.333. The van der Waals surface area contributed by atoms with E-state index in [1.807, 2.05) is 0 Å². The summed E-state index contributed by atoms with van der Waals surface area (Å²) in [6, 6.07) is 0. The van der Waals surface area contributed by atoms with Gasteiger partial charge < -0.3 is 10.6 Å². The molecule has 15 heavy (non-hydrogen) atoms. The minimum atomic E-state index is -0.578. The summed E-state index contributed by atoms with van der Waals surface area (Å²) in [4.78, 5) is 22.6. The first-order chi connectivity index (χ1) is 6.94. The van der Waals surface area contributed by atoms with E-state index in [4.69, 9.17) is 11.6 Å². The average molecular weight is 235 g/mol. The van der Waals surface area contributed by atoms with Crippen LogP contribution in [0.5, 0.6) is 0 Å². The van der Waals surface area contributed by atoms with Gasteiger partial charge in [0.15, 0.2) is 0 Å². The van der Waals surface area contributed by atoms with Crippen molar-refractivity contribution in [3.05, 3.63) is 0 Å². The molecule has 2 N–H and O–H groups in total. The molecule has 0 aliphatic heterocycles. The van der Waals surface area contributed by atoms with Gasteiger partial charge in [0, 0.05) is 25.9 Å². The summed E-state index contributed by atoms with van der Waals surface area (Å²) >= 11 is 5.46. The Bertz CT molecular complexity index is 229. The SMILES string of the molecule is CNC(=O)C(C)(C)CNC(=O)CCCCl. The molecule has 0 saturated heterocycles. The molecule has 0 bridgehead atoms. The van der Waals surface area contributed by atoms with Gasteiger partial charge in [-0.15, -0.1) is 11.6 Å². The molecule has 0 saturated carbocycles. The summed E-state index contributed by atoms with van der Waals surface area (Å²) in [5.41, 5.74) is -0.578. The van der Waals surface area contributed by atoms with Crippen LogP contribution in [0.2, 0.25) is 0 Å². The molecular formula is C10H19ClN2O2. The Morgan fingerprint density at radius 2 is 1.93 bits per heavy atom. The highest BCUT2D eigenvalue weighted by Crippen LogP contribution is 2.13. The molecule has 0 aromatic rings. The third-order valence-corrected chi connectivity index (χ3v) is 2.37. The van der Waals surface area contributed by atoms with E-state index in [0.29, 0.717) is 25.3 Å². The lowest BCUT2D eigenvalue weighted by molar-refractivity contribution is -0.129. The number of hydrogen-bond donors (Lipinski definition) is 2. The maximum absolute atomic E-state index is 11.4. The molecule has 0 spiro atoms. The first-order valence-corrected chi connectivity index (χ1v) is 5.52. The Labute approximate surface area is 95.7 Å². The van der Waals surface area contributed by atoms with E-state index in [9.17, 15) is 9.59 Å². The summed E-state index contributed by atoms with van der Waals surface area (Å²) < 4.78 is 0. The fourth-order valence-electron chi connectivity index (χ4n) is 1.05. The van der Waals surface area contributed by atoms with E-state index in [-0.39, 0.29) is 11.8 Å². The molecule has 0 atom stereocenters. The molecule has 0 aromatic carbocycles. The first-order valence-electron chi connectivity index (χ1n) is 4.99. The van der Waals surface area contributed by atoms with E-state index in [0.717, 1.165) is 0 Å². The Morgan fingerprint density at radius 3 is 2.40 bits per heavy atom. The van der Waals surface area contributed by atoms with Crippen LogP contribution in [-0.2, 0) is 9.59 Å². The number of carbonyl (C=O) groups is 2. The lowest BCUT2D eigenvalue weighted by atomic mass is 9.92. The van der Waals surface area contributed by atoms with E-state index in [1.165, 1.54) is 0 Å². The zero-order valence-electron chi connectivity index (χ0n) is 9.52. The summed E-state index contributed by atoms with van der Waals surface area (Å²) in [6.07, 6.45) is 1.07. The zero-order chi connectivity index (χ0) is 11.9. The molecule has 0 aliphatic carbocycles. The van der Waals surface area contributed by atoms with Crippen molar-refractivity contribution >= 4 is 23.4 Å². The van der Waals surface area contributed by atoms with Crippen molar-refractivity contribution in [2.24, 2.45) is 5.41 Å². The maximum atomic E-state index is 11.4. The standard InChI is InChI=1S/C10H19ClN2O2/c1-10(2,9(15)12-3)7-13-8(14)5-4-6-11/h4-7H2,1-3H3,(H,12,15)(H,13,14). The van der Waals surface area contributed by atoms with Crippen molar-refractivity contribution in [3.8, 4) is 0 Å². The maximum Gasteiger partial charge on any atom is 0.227 e. The van der Waals surface area contributed by atoms with Gasteiger partial charge in [-0.3, -0.25) is 9.59 Å². The van der Waals surface area contributed by atoms with Gasteiger partial charge in [0.05, 0.1) is 5.41 Å². The zero-order valence-corrected chi connectivity index (χ0v) is 10.3. The predicted molar refractivity (Wildman–Crippen MR) is 60.8 cm³/mol. The van der Waals surface area contributed by atoms with Crippen molar-refractivity contribution in [1.82, 2.24) is 10.6 Å². The van der Waals surface area contributed by atoms with Crippen LogP contribution in [0.25, 0.3) is 0 Å². The first kappa shape index (κ1) is 14.2. The third kappa shape index (κ3) is 5.62. The summed E-state index contributed by atoms with van der Waals surface area (Å²) in [5, 5.41) is 5.28. The Morgan fingerprint density at radius 1 is 1.33 bits per heavy atom. The molecular weight excluding hydrogens is 216 g/mol. The van der Waals surface area contributed by atoms with Gasteiger partial charge >= 0.3 is 0 Å². The van der Waals surface area contributed by atoms with Crippen LogP contribution in [0.15, 0.2) is 0 Å². The lowest BCUT2D eigenvalue weighted by Gasteiger charge is -2.22. The lowest BCUT2D eigenvalue weighted by Crippen LogP contribution is -2.43. The van der Waals surface area contributed by atoms with E-state index < -0.39 is 5.41 Å². The third-order valence-electron chi connectivity index (χ3n) is 2.11. The molecule has 0 heterocycles. The largest absolute Gasteiger partial charge is 0.359 e. The van der Waals surface area contributed by atoms with Crippen LogP contribution < -0.4 is 10.6 Å². The molecule has 2 amide bonds. The second-order valence-electron chi connectivity index (χ2n) is 4.03. The van der Waals surface area contributed by atoms with Gasteiger partial charge in [0.25, 0.3) is 0 Å². The Balaban J connectivity index is 3.92. The Hall–Kier alpha value is -0.770.